The molecule has 0 bridgehead atoms. The molecule has 7 heteroatoms. The van der Waals surface area contributed by atoms with E-state index in [4.69, 9.17) is 28.9 Å². The highest BCUT2D eigenvalue weighted by molar-refractivity contribution is 6.38. The summed E-state index contributed by atoms with van der Waals surface area (Å²) >= 11 is 12.1. The molecule has 0 saturated heterocycles. The molecule has 0 heterocycles. The molecule has 0 aliphatic carbocycles. The molecule has 1 atom stereocenters. The van der Waals surface area contributed by atoms with E-state index >= 15 is 0 Å². The minimum atomic E-state index is -1.05. The first-order valence-electron chi connectivity index (χ1n) is 11.2. The molecule has 3 aromatic rings. The molecule has 0 fully saturated rings. The second-order valence-electron chi connectivity index (χ2n) is 8.26. The Hall–Kier alpha value is -2.31. The van der Waals surface area contributed by atoms with Gasteiger partial charge in [0.15, 0.2) is 0 Å². The number of hydrogen-bond donors (Lipinski definition) is 3. The Kier molecular flexibility index (Phi) is 9.39. The largest absolute Gasteiger partial charge is 0.550 e. The second-order valence-corrected chi connectivity index (χ2v) is 9.07. The van der Waals surface area contributed by atoms with Crippen molar-refractivity contribution in [2.24, 2.45) is 0 Å². The average molecular weight is 488 g/mol. The van der Waals surface area contributed by atoms with Gasteiger partial charge < -0.3 is 26.1 Å². The van der Waals surface area contributed by atoms with Gasteiger partial charge in [0.2, 0.25) is 0 Å². The monoisotopic (exact) mass is 487 g/mol. The normalized spacial score (nSPS) is 12.2. The van der Waals surface area contributed by atoms with E-state index in [1.54, 1.807) is 12.1 Å². The molecule has 3 aromatic carbocycles. The number of aliphatic hydroxyl groups is 1. The van der Waals surface area contributed by atoms with Crippen molar-refractivity contribution in [1.29, 1.82) is 0 Å². The fraction of sp³-hybridized carbons (Fsp3) is 0.346. The summed E-state index contributed by atoms with van der Waals surface area (Å²) in [5, 5.41) is 27.6. The lowest BCUT2D eigenvalue weighted by Gasteiger charge is -2.15. The van der Waals surface area contributed by atoms with Crippen molar-refractivity contribution in [3.05, 3.63) is 75.3 Å². The summed E-state index contributed by atoms with van der Waals surface area (Å²) in [7, 11) is 0. The van der Waals surface area contributed by atoms with Gasteiger partial charge in [0, 0.05) is 18.9 Å². The number of carboxylic acid groups (broad SMARTS) is 1. The van der Waals surface area contributed by atoms with Crippen LogP contribution in [-0.2, 0) is 17.6 Å². The minimum Gasteiger partial charge on any atom is -0.550 e. The lowest BCUT2D eigenvalue weighted by Crippen LogP contribution is -2.25. The standard InChI is InChI=1S/C26H30Cl2N2O3/c27-22-13-19(14-23(28)26(22)29)24(31)16-30-12-6-2-1-3-7-18-11-10-17-8-4-5-9-20(17)21(18)15-25(32)33/h4-5,8-11,13-14,24,30-31H,1-3,6-7,12,15-16,29H2,(H,32,33)/p-1. The molecule has 3 rings (SSSR count). The zero-order chi connectivity index (χ0) is 23.8. The van der Waals surface area contributed by atoms with Gasteiger partial charge in [-0.05, 0) is 65.4 Å². The molecule has 0 aliphatic heterocycles. The number of hydrogen-bond acceptors (Lipinski definition) is 5. The molecule has 5 nitrogen and oxygen atoms in total. The fourth-order valence-corrected chi connectivity index (χ4v) is 4.54. The van der Waals surface area contributed by atoms with Gasteiger partial charge in [-0.1, -0.05) is 72.4 Å². The topological polar surface area (TPSA) is 98.4 Å². The quantitative estimate of drug-likeness (QED) is 0.259. The molecule has 0 aromatic heterocycles. The Morgan fingerprint density at radius 3 is 2.45 bits per heavy atom. The highest BCUT2D eigenvalue weighted by Gasteiger charge is 2.12. The summed E-state index contributed by atoms with van der Waals surface area (Å²) in [5.74, 6) is -1.05. The maximum Gasteiger partial charge on any atom is 0.0915 e. The molecule has 0 spiro atoms. The predicted octanol–water partition coefficient (Wildman–Crippen LogP) is 4.45. The Bertz CT molecular complexity index is 1080. The van der Waals surface area contributed by atoms with Crippen LogP contribution in [0, 0.1) is 0 Å². The van der Waals surface area contributed by atoms with E-state index in [0.717, 1.165) is 60.5 Å². The number of aliphatic hydroxyl groups excluding tert-OH is 1. The third-order valence-corrected chi connectivity index (χ3v) is 6.46. The van der Waals surface area contributed by atoms with Crippen LogP contribution in [0.2, 0.25) is 10.0 Å². The molecule has 1 unspecified atom stereocenters. The zero-order valence-electron chi connectivity index (χ0n) is 18.4. The number of carboxylic acids is 1. The number of carbonyl (C=O) groups excluding carboxylic acids is 1. The highest BCUT2D eigenvalue weighted by Crippen LogP contribution is 2.31. The number of nitrogens with one attached hydrogen (secondary N) is 1. The Labute approximate surface area is 204 Å². The summed E-state index contributed by atoms with van der Waals surface area (Å²) in [6, 6.07) is 15.2. The van der Waals surface area contributed by atoms with Crippen molar-refractivity contribution in [2.45, 2.75) is 44.6 Å². The van der Waals surface area contributed by atoms with Crippen molar-refractivity contribution < 1.29 is 15.0 Å². The third kappa shape index (κ3) is 7.08. The van der Waals surface area contributed by atoms with E-state index in [-0.39, 0.29) is 6.42 Å². The van der Waals surface area contributed by atoms with E-state index in [1.807, 2.05) is 30.3 Å². The van der Waals surface area contributed by atoms with E-state index < -0.39 is 12.1 Å². The lowest BCUT2D eigenvalue weighted by atomic mass is 9.93. The van der Waals surface area contributed by atoms with Crippen molar-refractivity contribution in [3.63, 3.8) is 0 Å². The Balaban J connectivity index is 1.40. The van der Waals surface area contributed by atoms with Crippen LogP contribution in [0.25, 0.3) is 10.8 Å². The molecule has 0 radical (unpaired) electrons. The van der Waals surface area contributed by atoms with Crippen LogP contribution >= 0.6 is 23.2 Å². The number of nitrogens with two attached hydrogens (primary N) is 1. The number of fused-ring (bicyclic) bond motifs is 1. The predicted molar refractivity (Wildman–Crippen MR) is 134 cm³/mol. The molecule has 4 N–H and O–H groups in total. The zero-order valence-corrected chi connectivity index (χ0v) is 20.0. The van der Waals surface area contributed by atoms with Crippen molar-refractivity contribution in [3.8, 4) is 0 Å². The molecule has 0 amide bonds. The smallest absolute Gasteiger partial charge is 0.0915 e. The summed E-state index contributed by atoms with van der Waals surface area (Å²) in [6.45, 7) is 1.19. The minimum absolute atomic E-state index is 0.0621. The van der Waals surface area contributed by atoms with Gasteiger partial charge in [0.05, 0.1) is 21.8 Å². The molecule has 33 heavy (non-hydrogen) atoms. The third-order valence-electron chi connectivity index (χ3n) is 5.83. The first-order valence-corrected chi connectivity index (χ1v) is 11.9. The van der Waals surface area contributed by atoms with Gasteiger partial charge in [0.25, 0.3) is 0 Å². The maximum atomic E-state index is 11.3. The molecule has 0 aliphatic rings. The van der Waals surface area contributed by atoms with Gasteiger partial charge >= 0.3 is 0 Å². The summed E-state index contributed by atoms with van der Waals surface area (Å²) in [4.78, 5) is 11.3. The van der Waals surface area contributed by atoms with Crippen molar-refractivity contribution in [1.82, 2.24) is 5.32 Å². The first-order chi connectivity index (χ1) is 15.9. The number of aryl methyl sites for hydroxylation is 1. The molecule has 176 valence electrons. The Morgan fingerprint density at radius 1 is 1.03 bits per heavy atom. The van der Waals surface area contributed by atoms with Crippen LogP contribution in [0.3, 0.4) is 0 Å². The number of unbranched alkanes of at least 4 members (excludes halogenated alkanes) is 3. The van der Waals surface area contributed by atoms with Gasteiger partial charge in [-0.2, -0.15) is 0 Å². The van der Waals surface area contributed by atoms with Gasteiger partial charge in [0.1, 0.15) is 0 Å². The highest BCUT2D eigenvalue weighted by atomic mass is 35.5. The van der Waals surface area contributed by atoms with Crippen molar-refractivity contribution in [2.75, 3.05) is 18.8 Å². The van der Waals surface area contributed by atoms with Gasteiger partial charge in [-0.25, -0.2) is 0 Å². The van der Waals surface area contributed by atoms with Crippen LogP contribution in [0.15, 0.2) is 48.5 Å². The number of benzene rings is 3. The van der Waals surface area contributed by atoms with Crippen LogP contribution in [0.4, 0.5) is 5.69 Å². The van der Waals surface area contributed by atoms with Gasteiger partial charge in [-0.15, -0.1) is 0 Å². The molecular weight excluding hydrogens is 459 g/mol. The fourth-order valence-electron chi connectivity index (χ4n) is 4.04. The second kappa shape index (κ2) is 12.2. The summed E-state index contributed by atoms with van der Waals surface area (Å²) < 4.78 is 0. The van der Waals surface area contributed by atoms with E-state index in [2.05, 4.69) is 11.4 Å². The van der Waals surface area contributed by atoms with Crippen LogP contribution in [0.1, 0.15) is 48.5 Å². The number of halogens is 2. The number of aliphatic carboxylic acids is 1. The Morgan fingerprint density at radius 2 is 1.73 bits per heavy atom. The number of carbonyl (C=O) groups is 1. The van der Waals surface area contributed by atoms with E-state index in [0.29, 0.717) is 27.8 Å². The van der Waals surface area contributed by atoms with Crippen molar-refractivity contribution >= 4 is 45.6 Å². The average Bonchev–Trinajstić information content (AvgIpc) is 2.79. The number of nitrogen functional groups attached to an aromatic ring is 1. The van der Waals surface area contributed by atoms with E-state index in [9.17, 15) is 15.0 Å². The first kappa shape index (κ1) is 25.3. The summed E-state index contributed by atoms with van der Waals surface area (Å²) in [6.07, 6.45) is 4.14. The van der Waals surface area contributed by atoms with E-state index in [1.165, 1.54) is 0 Å². The van der Waals surface area contributed by atoms with Gasteiger partial charge in [-0.3, -0.25) is 0 Å². The van der Waals surface area contributed by atoms with Crippen LogP contribution < -0.4 is 16.2 Å². The molecule has 0 saturated carbocycles. The number of anilines is 1. The molecular formula is C26H29Cl2N2O3-. The summed E-state index contributed by atoms with van der Waals surface area (Å²) in [5.41, 5.74) is 8.63. The van der Waals surface area contributed by atoms with Crippen LogP contribution in [0.5, 0.6) is 0 Å². The van der Waals surface area contributed by atoms with Crippen LogP contribution in [-0.4, -0.2) is 24.2 Å². The number of rotatable bonds is 12. The maximum absolute atomic E-state index is 11.3. The SMILES string of the molecule is Nc1c(Cl)cc(C(O)CNCCCCCCc2ccc3ccccc3c2CC(=O)[O-])cc1Cl. The lowest BCUT2D eigenvalue weighted by molar-refractivity contribution is -0.304.